The second-order valence-electron chi connectivity index (χ2n) is 6.14. The molecule has 6 nitrogen and oxygen atoms in total. The van der Waals surface area contributed by atoms with E-state index in [1.165, 1.54) is 0 Å². The number of carbonyl (C=O) groups is 2. The predicted octanol–water partition coefficient (Wildman–Crippen LogP) is 3.70. The van der Waals surface area contributed by atoms with Gasteiger partial charge in [0.1, 0.15) is 5.66 Å². The maximum Gasteiger partial charge on any atom is 0.248 e. The van der Waals surface area contributed by atoms with Crippen molar-refractivity contribution >= 4 is 17.5 Å². The lowest BCUT2D eigenvalue weighted by Crippen LogP contribution is -2.60. The number of hydrogen-bond acceptors (Lipinski definition) is 4. The molecule has 0 saturated carbocycles. The molecular weight excluding hydrogens is 328 g/mol. The standard InChI is InChI=1S/C20H22N4O2/c1-14(2)18(25)21-20(22-19(26)15(3)4)12-10-17(11-13-20)24-23-16-8-6-5-7-9-16/h5-12H,1,3,13H2,2,4H3,(H,21,25)(H,22,26). The number of benzene rings is 1. The van der Waals surface area contributed by atoms with Gasteiger partial charge in [-0.05, 0) is 38.1 Å². The van der Waals surface area contributed by atoms with Crippen LogP contribution in [0.3, 0.4) is 0 Å². The lowest BCUT2D eigenvalue weighted by atomic mass is 9.98. The van der Waals surface area contributed by atoms with E-state index in [1.807, 2.05) is 30.3 Å². The number of amides is 2. The SMILES string of the molecule is C=C(C)C(=O)NC1(NC(=O)C(=C)C)C=CC(N=Nc2ccccc2)=CC1. The third-order valence-electron chi connectivity index (χ3n) is 3.66. The van der Waals surface area contributed by atoms with Crippen molar-refractivity contribution in [2.45, 2.75) is 25.9 Å². The van der Waals surface area contributed by atoms with Gasteiger partial charge >= 0.3 is 0 Å². The number of allylic oxidation sites excluding steroid dienone is 1. The van der Waals surface area contributed by atoms with Gasteiger partial charge < -0.3 is 10.6 Å². The molecular formula is C20H22N4O2. The van der Waals surface area contributed by atoms with Gasteiger partial charge in [-0.25, -0.2) is 0 Å². The van der Waals surface area contributed by atoms with Crippen LogP contribution in [0, 0.1) is 0 Å². The Morgan fingerprint density at radius 3 is 2.04 bits per heavy atom. The summed E-state index contributed by atoms with van der Waals surface area (Å²) in [5, 5.41) is 13.9. The lowest BCUT2D eigenvalue weighted by molar-refractivity contribution is -0.122. The summed E-state index contributed by atoms with van der Waals surface area (Å²) in [5.74, 6) is -0.696. The summed E-state index contributed by atoms with van der Waals surface area (Å²) in [7, 11) is 0. The van der Waals surface area contributed by atoms with Crippen LogP contribution in [0.2, 0.25) is 0 Å². The van der Waals surface area contributed by atoms with Gasteiger partial charge in [-0.3, -0.25) is 9.59 Å². The number of nitrogens with one attached hydrogen (secondary N) is 2. The maximum atomic E-state index is 12.1. The molecule has 2 N–H and O–H groups in total. The summed E-state index contributed by atoms with van der Waals surface area (Å²) in [6.07, 6.45) is 5.51. The Hall–Kier alpha value is -3.28. The molecule has 0 atom stereocenters. The topological polar surface area (TPSA) is 82.9 Å². The first-order valence-electron chi connectivity index (χ1n) is 8.13. The molecule has 6 heteroatoms. The van der Waals surface area contributed by atoms with Crippen molar-refractivity contribution in [2.24, 2.45) is 10.2 Å². The number of rotatable bonds is 6. The third kappa shape index (κ3) is 5.11. The monoisotopic (exact) mass is 350 g/mol. The van der Waals surface area contributed by atoms with Crippen LogP contribution in [0.15, 0.2) is 88.8 Å². The second-order valence-corrected chi connectivity index (χ2v) is 6.14. The fourth-order valence-electron chi connectivity index (χ4n) is 2.15. The van der Waals surface area contributed by atoms with Gasteiger partial charge in [0.15, 0.2) is 0 Å². The molecule has 1 aromatic rings. The number of carbonyl (C=O) groups excluding carboxylic acids is 2. The molecule has 2 amide bonds. The summed E-state index contributed by atoms with van der Waals surface area (Å²) in [6.45, 7) is 10.5. The fraction of sp³-hybridized carbons (Fsp3) is 0.200. The summed E-state index contributed by atoms with van der Waals surface area (Å²) >= 11 is 0. The molecule has 0 aliphatic heterocycles. The van der Waals surface area contributed by atoms with Crippen LogP contribution >= 0.6 is 0 Å². The van der Waals surface area contributed by atoms with Crippen LogP contribution in [0.4, 0.5) is 5.69 Å². The van der Waals surface area contributed by atoms with Crippen molar-refractivity contribution in [1.82, 2.24) is 10.6 Å². The molecule has 26 heavy (non-hydrogen) atoms. The Labute approximate surface area is 153 Å². The van der Waals surface area contributed by atoms with E-state index in [4.69, 9.17) is 0 Å². The highest BCUT2D eigenvalue weighted by atomic mass is 16.2. The van der Waals surface area contributed by atoms with Crippen LogP contribution in [0.5, 0.6) is 0 Å². The van der Waals surface area contributed by atoms with Gasteiger partial charge in [-0.2, -0.15) is 10.2 Å². The van der Waals surface area contributed by atoms with Gasteiger partial charge in [0.2, 0.25) is 11.8 Å². The molecule has 0 radical (unpaired) electrons. The quantitative estimate of drug-likeness (QED) is 0.466. The Morgan fingerprint density at radius 2 is 1.58 bits per heavy atom. The molecule has 2 rings (SSSR count). The zero-order valence-corrected chi connectivity index (χ0v) is 15.0. The highest BCUT2D eigenvalue weighted by Crippen LogP contribution is 2.22. The molecule has 0 bridgehead atoms. The third-order valence-corrected chi connectivity index (χ3v) is 3.66. The fourth-order valence-corrected chi connectivity index (χ4v) is 2.15. The van der Waals surface area contributed by atoms with Crippen molar-refractivity contribution in [1.29, 1.82) is 0 Å². The van der Waals surface area contributed by atoms with E-state index in [9.17, 15) is 9.59 Å². The summed E-state index contributed by atoms with van der Waals surface area (Å²) < 4.78 is 0. The summed E-state index contributed by atoms with van der Waals surface area (Å²) in [5.41, 5.74) is 1.02. The van der Waals surface area contributed by atoms with Crippen LogP contribution in [0.25, 0.3) is 0 Å². The summed E-state index contributed by atoms with van der Waals surface area (Å²) in [6, 6.07) is 9.36. The van der Waals surface area contributed by atoms with E-state index < -0.39 is 5.66 Å². The number of hydrogen-bond donors (Lipinski definition) is 2. The normalized spacial score (nSPS) is 15.2. The van der Waals surface area contributed by atoms with Crippen LogP contribution in [-0.2, 0) is 9.59 Å². The average Bonchev–Trinajstić information content (AvgIpc) is 2.62. The minimum Gasteiger partial charge on any atom is -0.326 e. The average molecular weight is 350 g/mol. The van der Waals surface area contributed by atoms with Gasteiger partial charge in [0.25, 0.3) is 0 Å². The highest BCUT2D eigenvalue weighted by molar-refractivity contribution is 5.95. The smallest absolute Gasteiger partial charge is 0.248 e. The minimum atomic E-state index is -1.06. The van der Waals surface area contributed by atoms with Crippen molar-refractivity contribution in [3.8, 4) is 0 Å². The van der Waals surface area contributed by atoms with Gasteiger partial charge in [-0.1, -0.05) is 37.4 Å². The largest absolute Gasteiger partial charge is 0.326 e. The Bertz CT molecular complexity index is 791. The predicted molar refractivity (Wildman–Crippen MR) is 101 cm³/mol. The number of nitrogens with zero attached hydrogens (tertiary/aromatic N) is 2. The van der Waals surface area contributed by atoms with E-state index >= 15 is 0 Å². The van der Waals surface area contributed by atoms with E-state index in [-0.39, 0.29) is 11.8 Å². The zero-order valence-electron chi connectivity index (χ0n) is 15.0. The van der Waals surface area contributed by atoms with Gasteiger partial charge in [-0.15, -0.1) is 0 Å². The summed E-state index contributed by atoms with van der Waals surface area (Å²) in [4.78, 5) is 24.2. The molecule has 1 aliphatic carbocycles. The molecule has 0 aromatic heterocycles. The van der Waals surface area contributed by atoms with E-state index in [2.05, 4.69) is 34.0 Å². The van der Waals surface area contributed by atoms with Gasteiger partial charge in [0, 0.05) is 17.6 Å². The first-order chi connectivity index (χ1) is 12.3. The highest BCUT2D eigenvalue weighted by Gasteiger charge is 2.32. The molecule has 0 spiro atoms. The van der Waals surface area contributed by atoms with Crippen LogP contribution in [0.1, 0.15) is 20.3 Å². The van der Waals surface area contributed by atoms with E-state index in [0.29, 0.717) is 23.3 Å². The molecule has 1 aromatic carbocycles. The van der Waals surface area contributed by atoms with Gasteiger partial charge in [0.05, 0.1) is 11.4 Å². The first-order valence-corrected chi connectivity index (χ1v) is 8.13. The van der Waals surface area contributed by atoms with Crippen molar-refractivity contribution in [2.75, 3.05) is 0 Å². The zero-order chi connectivity index (χ0) is 19.2. The Kier molecular flexibility index (Phi) is 6.01. The van der Waals surface area contributed by atoms with E-state index in [1.54, 1.807) is 32.1 Å². The van der Waals surface area contributed by atoms with Crippen LogP contribution < -0.4 is 10.6 Å². The molecule has 0 saturated heterocycles. The van der Waals surface area contributed by atoms with E-state index in [0.717, 1.165) is 5.69 Å². The Morgan fingerprint density at radius 1 is 1.00 bits per heavy atom. The molecule has 0 unspecified atom stereocenters. The molecule has 0 heterocycles. The minimum absolute atomic E-state index is 0.324. The molecule has 0 fully saturated rings. The first kappa shape index (κ1) is 19.1. The van der Waals surface area contributed by atoms with Crippen molar-refractivity contribution in [3.63, 3.8) is 0 Å². The maximum absolute atomic E-state index is 12.1. The van der Waals surface area contributed by atoms with Crippen molar-refractivity contribution < 1.29 is 9.59 Å². The van der Waals surface area contributed by atoms with Crippen LogP contribution in [-0.4, -0.2) is 17.5 Å². The second kappa shape index (κ2) is 8.20. The number of azo groups is 1. The molecule has 134 valence electrons. The Balaban J connectivity index is 2.17. The van der Waals surface area contributed by atoms with Crippen molar-refractivity contribution in [3.05, 3.63) is 78.6 Å². The molecule has 1 aliphatic rings. The lowest BCUT2D eigenvalue weighted by Gasteiger charge is -2.34.